The van der Waals surface area contributed by atoms with Gasteiger partial charge in [-0.3, -0.25) is 10.1 Å². The lowest BCUT2D eigenvalue weighted by molar-refractivity contribution is -0.386. The maximum absolute atomic E-state index is 10.6. The van der Waals surface area contributed by atoms with E-state index in [2.05, 4.69) is 20.9 Å². The molecule has 2 N–H and O–H groups in total. The Morgan fingerprint density at radius 1 is 1.67 bits per heavy atom. The summed E-state index contributed by atoms with van der Waals surface area (Å²) in [6.07, 6.45) is 2.08. The van der Waals surface area contributed by atoms with Gasteiger partial charge in [0, 0.05) is 16.7 Å². The van der Waals surface area contributed by atoms with Crippen molar-refractivity contribution in [2.24, 2.45) is 5.73 Å². The first-order chi connectivity index (χ1) is 7.15. The van der Waals surface area contributed by atoms with Crippen molar-refractivity contribution in [1.82, 2.24) is 4.98 Å². The lowest BCUT2D eigenvalue weighted by Gasteiger charge is -2.04. The molecule has 82 valence electrons. The van der Waals surface area contributed by atoms with Crippen LogP contribution in [0.4, 0.5) is 5.69 Å². The highest BCUT2D eigenvalue weighted by molar-refractivity contribution is 9.10. The number of hydrogen-bond donors (Lipinski definition) is 1. The van der Waals surface area contributed by atoms with Crippen molar-refractivity contribution in [1.29, 1.82) is 0 Å². The summed E-state index contributed by atoms with van der Waals surface area (Å²) in [5.74, 6) is 0.0247. The summed E-state index contributed by atoms with van der Waals surface area (Å²) in [4.78, 5) is 13.9. The molecule has 1 aromatic heterocycles. The third kappa shape index (κ3) is 3.45. The molecule has 0 amide bonds. The van der Waals surface area contributed by atoms with Gasteiger partial charge in [0.1, 0.15) is 0 Å². The summed E-state index contributed by atoms with van der Waals surface area (Å²) in [6, 6.07) is 1.35. The van der Waals surface area contributed by atoms with Gasteiger partial charge >= 0.3 is 5.69 Å². The summed E-state index contributed by atoms with van der Waals surface area (Å²) in [5, 5.41) is 10.6. The molecule has 0 aliphatic heterocycles. The highest BCUT2D eigenvalue weighted by atomic mass is 79.9. The normalized spacial score (nSPS) is 10.0. The zero-order valence-corrected chi connectivity index (χ0v) is 9.44. The smallest absolute Gasteiger partial charge is 0.332 e. The number of nitro groups is 1. The number of pyridine rings is 1. The van der Waals surface area contributed by atoms with Crippen LogP contribution in [0.25, 0.3) is 0 Å². The zero-order valence-electron chi connectivity index (χ0n) is 7.85. The van der Waals surface area contributed by atoms with Crippen LogP contribution in [-0.4, -0.2) is 23.1 Å². The van der Waals surface area contributed by atoms with Crippen molar-refractivity contribution in [3.8, 4) is 5.88 Å². The molecule has 1 heterocycles. The maximum atomic E-state index is 10.6. The molecule has 0 fully saturated rings. The number of rotatable bonds is 5. The van der Waals surface area contributed by atoms with E-state index in [0.29, 0.717) is 24.0 Å². The van der Waals surface area contributed by atoms with Crippen molar-refractivity contribution in [3.63, 3.8) is 0 Å². The van der Waals surface area contributed by atoms with Gasteiger partial charge in [-0.25, -0.2) is 4.98 Å². The van der Waals surface area contributed by atoms with Crippen molar-refractivity contribution in [3.05, 3.63) is 26.9 Å². The fraction of sp³-hybridized carbons (Fsp3) is 0.375. The molecule has 1 aromatic rings. The summed E-state index contributed by atoms with van der Waals surface area (Å²) in [6.45, 7) is 0.802. The molecule has 6 nitrogen and oxygen atoms in total. The van der Waals surface area contributed by atoms with Crippen molar-refractivity contribution < 1.29 is 9.66 Å². The van der Waals surface area contributed by atoms with Crippen LogP contribution >= 0.6 is 15.9 Å². The van der Waals surface area contributed by atoms with Crippen LogP contribution in [0.3, 0.4) is 0 Å². The van der Waals surface area contributed by atoms with Gasteiger partial charge in [-0.05, 0) is 28.9 Å². The Morgan fingerprint density at radius 2 is 2.40 bits per heavy atom. The number of aromatic nitrogens is 1. The van der Waals surface area contributed by atoms with Crippen LogP contribution in [0, 0.1) is 10.1 Å². The zero-order chi connectivity index (χ0) is 11.3. The van der Waals surface area contributed by atoms with Gasteiger partial charge in [0.2, 0.25) is 0 Å². The fourth-order valence-corrected chi connectivity index (χ4v) is 1.23. The number of nitrogens with two attached hydrogens (primary N) is 1. The molecule has 0 atom stereocenters. The molecule has 0 radical (unpaired) electrons. The van der Waals surface area contributed by atoms with E-state index in [9.17, 15) is 10.1 Å². The Bertz CT molecular complexity index is 359. The number of nitrogens with zero attached hydrogens (tertiary/aromatic N) is 2. The SMILES string of the molecule is NCCCOc1ncc(Br)cc1[N+](=O)[O-]. The molecule has 0 saturated carbocycles. The van der Waals surface area contributed by atoms with Crippen LogP contribution in [0.15, 0.2) is 16.7 Å². The highest BCUT2D eigenvalue weighted by Crippen LogP contribution is 2.27. The van der Waals surface area contributed by atoms with Crippen molar-refractivity contribution >= 4 is 21.6 Å². The van der Waals surface area contributed by atoms with Crippen molar-refractivity contribution in [2.75, 3.05) is 13.2 Å². The number of hydrogen-bond acceptors (Lipinski definition) is 5. The molecular weight excluding hydrogens is 266 g/mol. The van der Waals surface area contributed by atoms with Gasteiger partial charge < -0.3 is 10.5 Å². The van der Waals surface area contributed by atoms with E-state index < -0.39 is 4.92 Å². The van der Waals surface area contributed by atoms with E-state index in [4.69, 9.17) is 10.5 Å². The van der Waals surface area contributed by atoms with E-state index in [0.717, 1.165) is 0 Å². The lowest BCUT2D eigenvalue weighted by Crippen LogP contribution is -2.08. The first-order valence-electron chi connectivity index (χ1n) is 4.28. The monoisotopic (exact) mass is 275 g/mol. The van der Waals surface area contributed by atoms with Crippen molar-refractivity contribution in [2.45, 2.75) is 6.42 Å². The minimum atomic E-state index is -0.532. The van der Waals surface area contributed by atoms with Crippen LogP contribution in [0.1, 0.15) is 6.42 Å². The van der Waals surface area contributed by atoms with Crippen LogP contribution < -0.4 is 10.5 Å². The lowest BCUT2D eigenvalue weighted by atomic mass is 10.4. The first-order valence-corrected chi connectivity index (χ1v) is 5.07. The van der Waals surface area contributed by atoms with Gasteiger partial charge in [-0.1, -0.05) is 0 Å². The first kappa shape index (κ1) is 11.9. The third-order valence-electron chi connectivity index (χ3n) is 1.58. The number of ether oxygens (including phenoxy) is 1. The summed E-state index contributed by atoms with van der Waals surface area (Å²) < 4.78 is 5.68. The van der Waals surface area contributed by atoms with Gasteiger partial charge in [0.05, 0.1) is 11.5 Å². The summed E-state index contributed by atoms with van der Waals surface area (Å²) in [5.41, 5.74) is 5.12. The van der Waals surface area contributed by atoms with Gasteiger partial charge in [-0.15, -0.1) is 0 Å². The minimum Gasteiger partial charge on any atom is -0.473 e. The molecule has 15 heavy (non-hydrogen) atoms. The quantitative estimate of drug-likeness (QED) is 0.499. The van der Waals surface area contributed by atoms with E-state index >= 15 is 0 Å². The molecule has 0 aliphatic rings. The average Bonchev–Trinajstić information content (AvgIpc) is 2.20. The molecular formula is C8H10BrN3O3. The predicted octanol–water partition coefficient (Wildman–Crippen LogP) is 1.48. The maximum Gasteiger partial charge on any atom is 0.332 e. The predicted molar refractivity (Wildman–Crippen MR) is 57.8 cm³/mol. The van der Waals surface area contributed by atoms with Crippen LogP contribution in [0.5, 0.6) is 5.88 Å². The van der Waals surface area contributed by atoms with E-state index in [1.807, 2.05) is 0 Å². The minimum absolute atomic E-state index is 0.0247. The number of halogens is 1. The standard InChI is InChI=1S/C8H10BrN3O3/c9-6-4-7(12(13)14)8(11-5-6)15-3-1-2-10/h4-5H,1-3,10H2. The average molecular weight is 276 g/mol. The Hall–Kier alpha value is -1.21. The second kappa shape index (κ2) is 5.62. The molecule has 7 heteroatoms. The Balaban J connectivity index is 2.81. The third-order valence-corrected chi connectivity index (χ3v) is 2.02. The van der Waals surface area contributed by atoms with E-state index in [1.54, 1.807) is 0 Å². The van der Waals surface area contributed by atoms with Crippen LogP contribution in [0.2, 0.25) is 0 Å². The summed E-state index contributed by atoms with van der Waals surface area (Å²) >= 11 is 3.10. The molecule has 0 spiro atoms. The second-order valence-corrected chi connectivity index (χ2v) is 3.64. The summed E-state index contributed by atoms with van der Waals surface area (Å²) in [7, 11) is 0. The van der Waals surface area contributed by atoms with Gasteiger partial charge in [0.25, 0.3) is 5.88 Å². The molecule has 0 saturated heterocycles. The topological polar surface area (TPSA) is 91.3 Å². The van der Waals surface area contributed by atoms with E-state index in [-0.39, 0.29) is 11.6 Å². The second-order valence-electron chi connectivity index (χ2n) is 2.73. The Morgan fingerprint density at radius 3 is 3.00 bits per heavy atom. The van der Waals surface area contributed by atoms with Gasteiger partial charge in [-0.2, -0.15) is 0 Å². The van der Waals surface area contributed by atoms with E-state index in [1.165, 1.54) is 12.3 Å². The molecule has 0 unspecified atom stereocenters. The largest absolute Gasteiger partial charge is 0.473 e. The molecule has 1 rings (SSSR count). The molecule has 0 aromatic carbocycles. The highest BCUT2D eigenvalue weighted by Gasteiger charge is 2.16. The Kier molecular flexibility index (Phi) is 4.44. The van der Waals surface area contributed by atoms with Crippen LogP contribution in [-0.2, 0) is 0 Å². The molecule has 0 bridgehead atoms. The van der Waals surface area contributed by atoms with Gasteiger partial charge in [0.15, 0.2) is 0 Å². The fourth-order valence-electron chi connectivity index (χ4n) is 0.910. The Labute approximate surface area is 94.7 Å². The molecule has 0 aliphatic carbocycles.